The number of carbonyl (C=O) groups is 2. The molecule has 1 N–H and O–H groups in total. The van der Waals surface area contributed by atoms with E-state index in [1.807, 2.05) is 54.6 Å². The van der Waals surface area contributed by atoms with Crippen LogP contribution in [0.25, 0.3) is 0 Å². The molecule has 2 heterocycles. The van der Waals surface area contributed by atoms with Gasteiger partial charge in [-0.05, 0) is 29.2 Å². The van der Waals surface area contributed by atoms with Crippen LogP contribution in [0.1, 0.15) is 42.9 Å². The minimum Gasteiger partial charge on any atom is -0.394 e. The minimum absolute atomic E-state index is 0.00829. The Morgan fingerprint density at radius 2 is 1.84 bits per heavy atom. The second kappa shape index (κ2) is 9.58. The topological polar surface area (TPSA) is 60.9 Å². The Morgan fingerprint density at radius 3 is 2.50 bits per heavy atom. The number of carbonyl (C=O) groups excluding carboxylic acids is 2. The first-order valence-electron chi connectivity index (χ1n) is 11.3. The highest BCUT2D eigenvalue weighted by atomic mass is 16.3. The summed E-state index contributed by atoms with van der Waals surface area (Å²) in [7, 11) is 0. The monoisotopic (exact) mass is 430 g/mol. The van der Waals surface area contributed by atoms with E-state index in [2.05, 4.69) is 25.7 Å². The van der Waals surface area contributed by atoms with Crippen LogP contribution in [0.5, 0.6) is 0 Å². The van der Waals surface area contributed by atoms with Crippen molar-refractivity contribution < 1.29 is 14.7 Å². The van der Waals surface area contributed by atoms with Gasteiger partial charge in [0, 0.05) is 24.4 Å². The molecule has 0 aliphatic carbocycles. The average molecular weight is 431 g/mol. The van der Waals surface area contributed by atoms with E-state index in [-0.39, 0.29) is 43.0 Å². The molecule has 0 unspecified atom stereocenters. The molecule has 4 rings (SSSR count). The van der Waals surface area contributed by atoms with E-state index in [9.17, 15) is 14.7 Å². The predicted molar refractivity (Wildman–Crippen MR) is 124 cm³/mol. The summed E-state index contributed by atoms with van der Waals surface area (Å²) in [4.78, 5) is 29.1. The van der Waals surface area contributed by atoms with Gasteiger partial charge in [0.05, 0.1) is 31.7 Å². The molecule has 2 aliphatic rings. The molecule has 0 saturated carbocycles. The number of hydrogen-bond donors (Lipinski definition) is 1. The quantitative estimate of drug-likeness (QED) is 0.742. The van der Waals surface area contributed by atoms with Crippen LogP contribution in [0.15, 0.2) is 54.6 Å². The third-order valence-electron chi connectivity index (χ3n) is 6.34. The van der Waals surface area contributed by atoms with Gasteiger partial charge in [0.1, 0.15) is 0 Å². The number of hydrogen-bond acceptors (Lipinski definition) is 3. The number of piperazine rings is 1. The van der Waals surface area contributed by atoms with Gasteiger partial charge in [-0.15, -0.1) is 0 Å². The average Bonchev–Trinajstić information content (AvgIpc) is 2.76. The summed E-state index contributed by atoms with van der Waals surface area (Å²) in [6, 6.07) is 17.3. The maximum Gasteiger partial charge on any atom is 0.242 e. The molecule has 166 valence electrons. The second-order valence-electron chi connectivity index (χ2n) is 9.10. The summed E-state index contributed by atoms with van der Waals surface area (Å²) in [5, 5.41) is 9.97. The lowest BCUT2D eigenvalue weighted by Gasteiger charge is -2.58. The van der Waals surface area contributed by atoms with Crippen molar-refractivity contribution in [2.45, 2.75) is 44.7 Å². The van der Waals surface area contributed by atoms with Gasteiger partial charge in [-0.2, -0.15) is 0 Å². The molecule has 0 radical (unpaired) electrons. The van der Waals surface area contributed by atoms with Crippen LogP contribution < -0.4 is 0 Å². The van der Waals surface area contributed by atoms with E-state index in [0.29, 0.717) is 18.9 Å². The van der Waals surface area contributed by atoms with Gasteiger partial charge in [0.2, 0.25) is 11.8 Å². The fourth-order valence-electron chi connectivity index (χ4n) is 4.72. The van der Waals surface area contributed by atoms with Gasteiger partial charge in [0.15, 0.2) is 0 Å². The van der Waals surface area contributed by atoms with Crippen molar-refractivity contribution in [2.24, 2.45) is 5.92 Å². The molecule has 3 atom stereocenters. The van der Waals surface area contributed by atoms with Crippen molar-refractivity contribution in [3.05, 3.63) is 71.3 Å². The van der Waals surface area contributed by atoms with Gasteiger partial charge in [-0.25, -0.2) is 0 Å². The summed E-state index contributed by atoms with van der Waals surface area (Å²) in [5.74, 6) is 6.82. The van der Waals surface area contributed by atoms with Crippen LogP contribution in [-0.2, 0) is 16.0 Å². The molecule has 5 heteroatoms. The normalized spacial score (nSPS) is 22.1. The van der Waals surface area contributed by atoms with Crippen molar-refractivity contribution in [3.63, 3.8) is 0 Å². The summed E-state index contributed by atoms with van der Waals surface area (Å²) >= 11 is 0. The fraction of sp³-hybridized carbons (Fsp3) is 0.407. The molecule has 2 aromatic carbocycles. The van der Waals surface area contributed by atoms with Crippen LogP contribution in [0, 0.1) is 17.8 Å². The van der Waals surface area contributed by atoms with Crippen molar-refractivity contribution in [1.29, 1.82) is 0 Å². The van der Waals surface area contributed by atoms with E-state index in [0.717, 1.165) is 23.1 Å². The molecule has 2 aromatic rings. The summed E-state index contributed by atoms with van der Waals surface area (Å²) < 4.78 is 0. The highest BCUT2D eigenvalue weighted by molar-refractivity contribution is 5.88. The van der Waals surface area contributed by atoms with Crippen molar-refractivity contribution in [2.75, 3.05) is 19.7 Å². The van der Waals surface area contributed by atoms with Crippen molar-refractivity contribution in [1.82, 2.24) is 9.80 Å². The van der Waals surface area contributed by atoms with E-state index >= 15 is 0 Å². The Morgan fingerprint density at radius 1 is 1.12 bits per heavy atom. The zero-order valence-electron chi connectivity index (χ0n) is 18.7. The van der Waals surface area contributed by atoms with Crippen LogP contribution in [0.2, 0.25) is 0 Å². The zero-order chi connectivity index (χ0) is 22.7. The number of aliphatic hydroxyl groups excluding tert-OH is 1. The zero-order valence-corrected chi connectivity index (χ0v) is 18.7. The first kappa shape index (κ1) is 22.1. The Kier molecular flexibility index (Phi) is 6.62. The van der Waals surface area contributed by atoms with Gasteiger partial charge >= 0.3 is 0 Å². The third kappa shape index (κ3) is 4.56. The Bertz CT molecular complexity index is 1020. The smallest absolute Gasteiger partial charge is 0.242 e. The standard InChI is InChI=1S/C27H30N2O3/c1-19(2)7-6-10-20-11-13-22(14-12-20)27-23-16-28(17-26(32)29(23)24(27)18-30)25(31)15-21-8-4-3-5-9-21/h3-5,8-9,11-14,19,23-24,27,30H,7,15-18H2,1-2H3/t23-,24-,27+/m0/s1. The molecule has 0 spiro atoms. The molecular weight excluding hydrogens is 400 g/mol. The van der Waals surface area contributed by atoms with Gasteiger partial charge < -0.3 is 14.9 Å². The van der Waals surface area contributed by atoms with Crippen molar-refractivity contribution >= 4 is 11.8 Å². The fourth-order valence-corrected chi connectivity index (χ4v) is 4.72. The molecule has 2 fully saturated rings. The van der Waals surface area contributed by atoms with E-state index in [1.54, 1.807) is 9.80 Å². The predicted octanol–water partition coefficient (Wildman–Crippen LogP) is 2.82. The highest BCUT2D eigenvalue weighted by Gasteiger charge is 2.54. The largest absolute Gasteiger partial charge is 0.394 e. The first-order valence-corrected chi connectivity index (χ1v) is 11.3. The number of nitrogens with zero attached hydrogens (tertiary/aromatic N) is 2. The van der Waals surface area contributed by atoms with E-state index in [4.69, 9.17) is 0 Å². The molecule has 2 aliphatic heterocycles. The first-order chi connectivity index (χ1) is 15.5. The van der Waals surface area contributed by atoms with Crippen molar-refractivity contribution in [3.8, 4) is 11.8 Å². The number of benzene rings is 2. The molecule has 32 heavy (non-hydrogen) atoms. The summed E-state index contributed by atoms with van der Waals surface area (Å²) in [5.41, 5.74) is 2.98. The molecule has 5 nitrogen and oxygen atoms in total. The molecule has 0 aromatic heterocycles. The Balaban J connectivity index is 1.48. The van der Waals surface area contributed by atoms with Crippen LogP contribution in [0.4, 0.5) is 0 Å². The molecular formula is C27H30N2O3. The van der Waals surface area contributed by atoms with E-state index < -0.39 is 0 Å². The highest BCUT2D eigenvalue weighted by Crippen LogP contribution is 2.43. The lowest BCUT2D eigenvalue weighted by molar-refractivity contribution is -0.166. The summed E-state index contributed by atoms with van der Waals surface area (Å²) in [6.45, 7) is 4.79. The summed E-state index contributed by atoms with van der Waals surface area (Å²) in [6.07, 6.45) is 1.15. The maximum absolute atomic E-state index is 12.9. The second-order valence-corrected chi connectivity index (χ2v) is 9.10. The number of fused-ring (bicyclic) bond motifs is 1. The lowest BCUT2D eigenvalue weighted by atomic mass is 9.73. The molecule has 0 bridgehead atoms. The number of aliphatic hydroxyl groups is 1. The SMILES string of the molecule is CC(C)CC#Cc1ccc([C@H]2[C@H](CO)N3C(=O)CN(C(=O)Cc4ccccc4)C[C@@H]23)cc1. The molecule has 2 saturated heterocycles. The maximum atomic E-state index is 12.9. The van der Waals surface area contributed by atoms with Gasteiger partial charge in [0.25, 0.3) is 0 Å². The molecule has 2 amide bonds. The van der Waals surface area contributed by atoms with Gasteiger partial charge in [-0.3, -0.25) is 9.59 Å². The van der Waals surface area contributed by atoms with E-state index in [1.165, 1.54) is 0 Å². The van der Waals surface area contributed by atoms with Crippen LogP contribution in [0.3, 0.4) is 0 Å². The van der Waals surface area contributed by atoms with Gasteiger partial charge in [-0.1, -0.05) is 68.2 Å². The Labute approximate surface area is 190 Å². The van der Waals surface area contributed by atoms with Crippen LogP contribution >= 0.6 is 0 Å². The number of amides is 2. The third-order valence-corrected chi connectivity index (χ3v) is 6.34. The Hall–Kier alpha value is -3.10. The minimum atomic E-state index is -0.239. The number of rotatable bonds is 5. The lowest BCUT2D eigenvalue weighted by Crippen LogP contribution is -2.73. The van der Waals surface area contributed by atoms with Crippen LogP contribution in [-0.4, -0.2) is 58.5 Å².